The number of nitrogens with zero attached hydrogens (tertiary/aromatic N) is 1. The number of nitrogens with one attached hydrogen (secondary N) is 2. The number of rotatable bonds is 4. The molecule has 7 heteroatoms. The lowest BCUT2D eigenvalue weighted by atomic mass is 10.2. The summed E-state index contributed by atoms with van der Waals surface area (Å²) in [6, 6.07) is 5.23. The molecule has 0 radical (unpaired) electrons. The van der Waals surface area contributed by atoms with E-state index in [4.69, 9.17) is 4.74 Å². The average Bonchev–Trinajstić information content (AvgIpc) is 2.35. The number of guanidine groups is 1. The highest BCUT2D eigenvalue weighted by atomic mass is 32.2. The minimum atomic E-state index is -3.53. The summed E-state index contributed by atoms with van der Waals surface area (Å²) >= 11 is 0. The van der Waals surface area contributed by atoms with Gasteiger partial charge in [-0.15, -0.1) is 0 Å². The van der Waals surface area contributed by atoms with Gasteiger partial charge in [0, 0.05) is 20.3 Å². The highest BCUT2D eigenvalue weighted by molar-refractivity contribution is 7.90. The lowest BCUT2D eigenvalue weighted by molar-refractivity contribution is 0.197. The molecule has 6 nitrogen and oxygen atoms in total. The molecule has 2 rings (SSSR count). The Balaban J connectivity index is 2.21. The van der Waals surface area contributed by atoms with Crippen molar-refractivity contribution in [1.29, 1.82) is 0 Å². The van der Waals surface area contributed by atoms with Crippen molar-refractivity contribution in [3.8, 4) is 0 Å². The van der Waals surface area contributed by atoms with E-state index in [1.165, 1.54) is 0 Å². The molecule has 1 aliphatic heterocycles. The number of benzene rings is 1. The van der Waals surface area contributed by atoms with Gasteiger partial charge >= 0.3 is 0 Å². The Morgan fingerprint density at radius 2 is 2.16 bits per heavy atom. The Bertz CT molecular complexity index is 596. The predicted molar refractivity (Wildman–Crippen MR) is 73.9 cm³/mol. The number of hydrogen-bond donors (Lipinski definition) is 2. The highest BCUT2D eigenvalue weighted by Gasteiger charge is 2.26. The van der Waals surface area contributed by atoms with Crippen LogP contribution in [0.15, 0.2) is 28.1 Å². The first kappa shape index (κ1) is 13.8. The zero-order valence-electron chi connectivity index (χ0n) is 10.9. The molecule has 0 fully saturated rings. The van der Waals surface area contributed by atoms with Crippen LogP contribution in [0, 0.1) is 6.92 Å². The van der Waals surface area contributed by atoms with Gasteiger partial charge < -0.3 is 10.1 Å². The maximum atomic E-state index is 12.1. The van der Waals surface area contributed by atoms with Crippen molar-refractivity contribution in [2.75, 3.05) is 25.6 Å². The van der Waals surface area contributed by atoms with E-state index in [1.807, 2.05) is 13.0 Å². The number of sulfonamides is 1. The van der Waals surface area contributed by atoms with Crippen LogP contribution in [0.1, 0.15) is 12.0 Å². The summed E-state index contributed by atoms with van der Waals surface area (Å²) in [5, 5.41) is 2.98. The van der Waals surface area contributed by atoms with Crippen molar-refractivity contribution in [3.63, 3.8) is 0 Å². The van der Waals surface area contributed by atoms with E-state index >= 15 is 0 Å². The first-order chi connectivity index (χ1) is 9.03. The smallest absolute Gasteiger partial charge is 0.266 e. The first-order valence-electron chi connectivity index (χ1n) is 5.97. The third kappa shape index (κ3) is 3.24. The Morgan fingerprint density at radius 1 is 1.37 bits per heavy atom. The van der Waals surface area contributed by atoms with Crippen LogP contribution in [0.25, 0.3) is 0 Å². The summed E-state index contributed by atoms with van der Waals surface area (Å²) in [5.41, 5.74) is 1.45. The molecule has 0 aliphatic carbocycles. The monoisotopic (exact) mass is 283 g/mol. The van der Waals surface area contributed by atoms with Crippen LogP contribution in [-0.4, -0.2) is 34.6 Å². The number of hydrogen-bond acceptors (Lipinski definition) is 4. The lowest BCUT2D eigenvalue weighted by Crippen LogP contribution is -2.40. The van der Waals surface area contributed by atoms with Gasteiger partial charge in [-0.3, -0.25) is 4.99 Å². The third-order valence-corrected chi connectivity index (χ3v) is 4.07. The van der Waals surface area contributed by atoms with Crippen LogP contribution in [0.3, 0.4) is 0 Å². The number of aliphatic imine (C=N–C) groups is 1. The molecule has 0 bridgehead atoms. The van der Waals surface area contributed by atoms with Crippen LogP contribution in [0.4, 0.5) is 5.69 Å². The van der Waals surface area contributed by atoms with Crippen molar-refractivity contribution in [2.24, 2.45) is 4.99 Å². The molecule has 19 heavy (non-hydrogen) atoms. The number of fused-ring (bicyclic) bond motifs is 1. The molecule has 1 aromatic rings. The molecule has 1 aliphatic rings. The minimum Gasteiger partial charge on any atom is -0.385 e. The number of ether oxygens (including phenoxy) is 1. The maximum Gasteiger partial charge on any atom is 0.266 e. The molecular formula is C12H17N3O3S. The molecule has 0 amide bonds. The quantitative estimate of drug-likeness (QED) is 0.811. The van der Waals surface area contributed by atoms with Crippen LogP contribution >= 0.6 is 0 Å². The van der Waals surface area contributed by atoms with Gasteiger partial charge in [-0.25, -0.2) is 13.1 Å². The fraction of sp³-hybridized carbons (Fsp3) is 0.417. The molecule has 1 aromatic carbocycles. The summed E-state index contributed by atoms with van der Waals surface area (Å²) in [6.45, 7) is 2.95. The topological polar surface area (TPSA) is 79.8 Å². The van der Waals surface area contributed by atoms with E-state index in [0.29, 0.717) is 18.8 Å². The Hall–Kier alpha value is -1.60. The second-order valence-electron chi connectivity index (χ2n) is 4.31. The van der Waals surface area contributed by atoms with E-state index in [9.17, 15) is 8.42 Å². The standard InChI is InChI=1S/C12H17N3O3S/c1-9-4-5-10-11(8-9)19(16,17)15-12(14-10)13-6-3-7-18-2/h4-5,8H,3,6-7H2,1-2H3,(H2,13,14,15). The summed E-state index contributed by atoms with van der Waals surface area (Å²) in [4.78, 5) is 4.43. The van der Waals surface area contributed by atoms with Gasteiger partial charge in [0.2, 0.25) is 5.96 Å². The van der Waals surface area contributed by atoms with E-state index in [2.05, 4.69) is 15.0 Å². The van der Waals surface area contributed by atoms with Crippen molar-refractivity contribution in [3.05, 3.63) is 23.8 Å². The molecule has 1 heterocycles. The number of aryl methyl sites for hydroxylation is 1. The van der Waals surface area contributed by atoms with Gasteiger partial charge in [0.25, 0.3) is 10.0 Å². The number of methoxy groups -OCH3 is 1. The van der Waals surface area contributed by atoms with Gasteiger partial charge in [0.15, 0.2) is 0 Å². The molecule has 0 saturated heterocycles. The van der Waals surface area contributed by atoms with Gasteiger partial charge in [-0.1, -0.05) is 6.07 Å². The van der Waals surface area contributed by atoms with Crippen molar-refractivity contribution in [1.82, 2.24) is 4.72 Å². The van der Waals surface area contributed by atoms with Gasteiger partial charge in [-0.05, 0) is 31.0 Å². The molecule has 0 aromatic heterocycles. The summed E-state index contributed by atoms with van der Waals surface area (Å²) in [7, 11) is -1.91. The molecule has 2 N–H and O–H groups in total. The van der Waals surface area contributed by atoms with Crippen LogP contribution in [0.2, 0.25) is 0 Å². The maximum absolute atomic E-state index is 12.1. The molecule has 0 unspecified atom stereocenters. The minimum absolute atomic E-state index is 0.253. The Kier molecular flexibility index (Phi) is 4.06. The van der Waals surface area contributed by atoms with Crippen molar-refractivity contribution >= 4 is 21.7 Å². The zero-order valence-corrected chi connectivity index (χ0v) is 11.8. The van der Waals surface area contributed by atoms with E-state index in [-0.39, 0.29) is 10.9 Å². The van der Waals surface area contributed by atoms with Crippen LogP contribution in [0.5, 0.6) is 0 Å². The van der Waals surface area contributed by atoms with E-state index < -0.39 is 10.0 Å². The second kappa shape index (κ2) is 5.58. The second-order valence-corrected chi connectivity index (χ2v) is 5.96. The Labute approximate surface area is 112 Å². The normalized spacial score (nSPS) is 18.5. The van der Waals surface area contributed by atoms with Gasteiger partial charge in [0.05, 0.1) is 5.69 Å². The SMILES string of the molecule is COCCCN=C1Nc2ccc(C)cc2S(=O)(=O)N1. The Morgan fingerprint density at radius 3 is 2.89 bits per heavy atom. The van der Waals surface area contributed by atoms with Gasteiger partial charge in [0.1, 0.15) is 4.90 Å². The predicted octanol–water partition coefficient (Wildman–Crippen LogP) is 1.09. The fourth-order valence-electron chi connectivity index (χ4n) is 1.76. The fourth-order valence-corrected chi connectivity index (χ4v) is 2.99. The largest absolute Gasteiger partial charge is 0.385 e. The highest BCUT2D eigenvalue weighted by Crippen LogP contribution is 2.25. The van der Waals surface area contributed by atoms with E-state index in [1.54, 1.807) is 19.2 Å². The first-order valence-corrected chi connectivity index (χ1v) is 7.45. The summed E-state index contributed by atoms with van der Waals surface area (Å²) in [6.07, 6.45) is 0.740. The van der Waals surface area contributed by atoms with Crippen molar-refractivity contribution < 1.29 is 13.2 Å². The lowest BCUT2D eigenvalue weighted by Gasteiger charge is -2.21. The molecule has 104 valence electrons. The molecular weight excluding hydrogens is 266 g/mol. The number of anilines is 1. The van der Waals surface area contributed by atoms with E-state index in [0.717, 1.165) is 12.0 Å². The molecule has 0 atom stereocenters. The van der Waals surface area contributed by atoms with Crippen molar-refractivity contribution in [2.45, 2.75) is 18.2 Å². The summed E-state index contributed by atoms with van der Waals surface area (Å²) in [5.74, 6) is 0.257. The van der Waals surface area contributed by atoms with Crippen LogP contribution in [-0.2, 0) is 14.8 Å². The molecule has 0 spiro atoms. The van der Waals surface area contributed by atoms with Gasteiger partial charge in [-0.2, -0.15) is 0 Å². The zero-order chi connectivity index (χ0) is 13.9. The average molecular weight is 283 g/mol. The summed E-state index contributed by atoms with van der Waals surface area (Å²) < 4.78 is 31.5. The molecule has 0 saturated carbocycles. The van der Waals surface area contributed by atoms with Crippen LogP contribution < -0.4 is 10.0 Å². The third-order valence-electron chi connectivity index (χ3n) is 2.69.